The summed E-state index contributed by atoms with van der Waals surface area (Å²) in [6, 6.07) is 7.61. The summed E-state index contributed by atoms with van der Waals surface area (Å²) in [5.74, 6) is 0.205. The van der Waals surface area contributed by atoms with Gasteiger partial charge in [-0.3, -0.25) is 4.31 Å². The second kappa shape index (κ2) is 7.50. The van der Waals surface area contributed by atoms with Crippen molar-refractivity contribution in [3.63, 3.8) is 0 Å². The summed E-state index contributed by atoms with van der Waals surface area (Å²) in [4.78, 5) is 0. The smallest absolute Gasteiger partial charge is 0.235 e. The van der Waals surface area contributed by atoms with Gasteiger partial charge in [0.1, 0.15) is 0 Å². The fourth-order valence-corrected chi connectivity index (χ4v) is 3.57. The highest BCUT2D eigenvalue weighted by atomic mass is 32.2. The maximum absolute atomic E-state index is 12.3. The third kappa shape index (κ3) is 4.84. The van der Waals surface area contributed by atoms with Crippen molar-refractivity contribution in [1.82, 2.24) is 5.32 Å². The SMILES string of the molecule is CCN(c1ccc(C)cc1)S(=O)(=O)CCCCNC. The molecule has 108 valence electrons. The van der Waals surface area contributed by atoms with Crippen molar-refractivity contribution in [3.8, 4) is 0 Å². The summed E-state index contributed by atoms with van der Waals surface area (Å²) >= 11 is 0. The van der Waals surface area contributed by atoms with E-state index in [2.05, 4.69) is 5.32 Å². The molecule has 19 heavy (non-hydrogen) atoms. The Labute approximate surface area is 116 Å². The van der Waals surface area contributed by atoms with Crippen LogP contribution in [0, 0.1) is 6.92 Å². The summed E-state index contributed by atoms with van der Waals surface area (Å²) in [5.41, 5.74) is 1.88. The molecule has 0 spiro atoms. The number of aryl methyl sites for hydroxylation is 1. The molecule has 1 rings (SSSR count). The minimum Gasteiger partial charge on any atom is -0.320 e. The van der Waals surface area contributed by atoms with Crippen molar-refractivity contribution in [1.29, 1.82) is 0 Å². The lowest BCUT2D eigenvalue weighted by Crippen LogP contribution is -2.33. The maximum Gasteiger partial charge on any atom is 0.235 e. The molecule has 4 nitrogen and oxygen atoms in total. The first-order valence-corrected chi connectivity index (χ1v) is 8.34. The molecule has 0 bridgehead atoms. The van der Waals surface area contributed by atoms with Gasteiger partial charge < -0.3 is 5.32 Å². The van der Waals surface area contributed by atoms with E-state index in [1.165, 1.54) is 4.31 Å². The van der Waals surface area contributed by atoms with Crippen LogP contribution in [0.3, 0.4) is 0 Å². The Morgan fingerprint density at radius 3 is 2.32 bits per heavy atom. The fraction of sp³-hybridized carbons (Fsp3) is 0.571. The second-order valence-electron chi connectivity index (χ2n) is 4.63. The third-order valence-electron chi connectivity index (χ3n) is 3.02. The van der Waals surface area contributed by atoms with Gasteiger partial charge in [-0.05, 0) is 52.4 Å². The van der Waals surface area contributed by atoms with Gasteiger partial charge >= 0.3 is 0 Å². The van der Waals surface area contributed by atoms with Crippen molar-refractivity contribution in [2.75, 3.05) is 30.2 Å². The molecule has 0 saturated carbocycles. The van der Waals surface area contributed by atoms with Crippen LogP contribution in [0.25, 0.3) is 0 Å². The first-order chi connectivity index (χ1) is 9.01. The van der Waals surface area contributed by atoms with Gasteiger partial charge in [-0.1, -0.05) is 17.7 Å². The number of hydrogen-bond acceptors (Lipinski definition) is 3. The van der Waals surface area contributed by atoms with E-state index >= 15 is 0 Å². The van der Waals surface area contributed by atoms with Crippen LogP contribution < -0.4 is 9.62 Å². The number of unbranched alkanes of at least 4 members (excludes halogenated alkanes) is 1. The van der Waals surface area contributed by atoms with Gasteiger partial charge in [0.25, 0.3) is 0 Å². The summed E-state index contributed by atoms with van der Waals surface area (Å²) in [5, 5.41) is 3.03. The molecule has 0 aliphatic heterocycles. The summed E-state index contributed by atoms with van der Waals surface area (Å²) in [6.07, 6.45) is 1.56. The predicted octanol–water partition coefficient (Wildman–Crippen LogP) is 2.15. The molecule has 0 amide bonds. The molecule has 0 heterocycles. The fourth-order valence-electron chi connectivity index (χ4n) is 1.95. The number of sulfonamides is 1. The lowest BCUT2D eigenvalue weighted by atomic mass is 10.2. The van der Waals surface area contributed by atoms with Gasteiger partial charge in [0.2, 0.25) is 10.0 Å². The molecule has 0 unspecified atom stereocenters. The van der Waals surface area contributed by atoms with Crippen LogP contribution in [0.15, 0.2) is 24.3 Å². The average molecular weight is 284 g/mol. The van der Waals surface area contributed by atoms with Crippen molar-refractivity contribution in [2.24, 2.45) is 0 Å². The molecule has 0 fully saturated rings. The number of benzene rings is 1. The van der Waals surface area contributed by atoms with Crippen LogP contribution in [0.1, 0.15) is 25.3 Å². The predicted molar refractivity (Wildman–Crippen MR) is 81.1 cm³/mol. The second-order valence-corrected chi connectivity index (χ2v) is 6.64. The summed E-state index contributed by atoms with van der Waals surface area (Å²) in [7, 11) is -1.34. The minimum atomic E-state index is -3.21. The van der Waals surface area contributed by atoms with Crippen molar-refractivity contribution < 1.29 is 8.42 Å². The molecular weight excluding hydrogens is 260 g/mol. The Bertz CT molecular complexity index is 469. The summed E-state index contributed by atoms with van der Waals surface area (Å²) in [6.45, 7) is 5.18. The molecule has 0 radical (unpaired) electrons. The number of nitrogens with one attached hydrogen (secondary N) is 1. The van der Waals surface area contributed by atoms with Crippen molar-refractivity contribution in [2.45, 2.75) is 26.7 Å². The van der Waals surface area contributed by atoms with Crippen LogP contribution >= 0.6 is 0 Å². The van der Waals surface area contributed by atoms with Crippen LogP contribution in [0.4, 0.5) is 5.69 Å². The molecule has 0 aliphatic carbocycles. The first-order valence-electron chi connectivity index (χ1n) is 6.73. The monoisotopic (exact) mass is 284 g/mol. The normalized spacial score (nSPS) is 11.5. The topological polar surface area (TPSA) is 49.4 Å². The number of anilines is 1. The molecule has 0 aromatic heterocycles. The zero-order valence-electron chi connectivity index (χ0n) is 12.0. The number of rotatable bonds is 8. The Hall–Kier alpha value is -1.07. The highest BCUT2D eigenvalue weighted by Crippen LogP contribution is 2.19. The lowest BCUT2D eigenvalue weighted by Gasteiger charge is -2.23. The van der Waals surface area contributed by atoms with Gasteiger partial charge in [0.05, 0.1) is 11.4 Å². The average Bonchev–Trinajstić information content (AvgIpc) is 2.37. The molecule has 1 N–H and O–H groups in total. The largest absolute Gasteiger partial charge is 0.320 e. The highest BCUT2D eigenvalue weighted by Gasteiger charge is 2.20. The Morgan fingerprint density at radius 1 is 1.16 bits per heavy atom. The molecule has 0 atom stereocenters. The first kappa shape index (κ1) is 16.0. The van der Waals surface area contributed by atoms with E-state index in [1.807, 2.05) is 45.2 Å². The number of nitrogens with zero attached hydrogens (tertiary/aromatic N) is 1. The van der Waals surface area contributed by atoms with Gasteiger partial charge in [0, 0.05) is 6.54 Å². The highest BCUT2D eigenvalue weighted by molar-refractivity contribution is 7.92. The third-order valence-corrected chi connectivity index (χ3v) is 4.97. The van der Waals surface area contributed by atoms with Gasteiger partial charge in [-0.2, -0.15) is 0 Å². The van der Waals surface area contributed by atoms with Crippen LogP contribution in [-0.4, -0.2) is 34.3 Å². The zero-order valence-corrected chi connectivity index (χ0v) is 12.8. The van der Waals surface area contributed by atoms with Gasteiger partial charge in [0.15, 0.2) is 0 Å². The molecule has 0 saturated heterocycles. The van der Waals surface area contributed by atoms with E-state index in [0.717, 1.165) is 24.2 Å². The molecule has 5 heteroatoms. The number of hydrogen-bond donors (Lipinski definition) is 1. The van der Waals surface area contributed by atoms with Crippen LogP contribution in [-0.2, 0) is 10.0 Å². The van der Waals surface area contributed by atoms with Gasteiger partial charge in [-0.25, -0.2) is 8.42 Å². The Morgan fingerprint density at radius 2 is 1.79 bits per heavy atom. The van der Waals surface area contributed by atoms with E-state index in [1.54, 1.807) is 0 Å². The molecule has 1 aromatic rings. The van der Waals surface area contributed by atoms with Crippen LogP contribution in [0.2, 0.25) is 0 Å². The van der Waals surface area contributed by atoms with Crippen molar-refractivity contribution >= 4 is 15.7 Å². The zero-order chi connectivity index (χ0) is 14.3. The standard InChI is InChI=1S/C14H24N2O2S/c1-4-16(14-9-7-13(2)8-10-14)19(17,18)12-6-5-11-15-3/h7-10,15H,4-6,11-12H2,1-3H3. The molecule has 0 aliphatic rings. The van der Waals surface area contributed by atoms with E-state index in [-0.39, 0.29) is 5.75 Å². The minimum absolute atomic E-state index is 0.205. The molecular formula is C14H24N2O2S. The van der Waals surface area contributed by atoms with E-state index in [0.29, 0.717) is 13.0 Å². The quantitative estimate of drug-likeness (QED) is 0.744. The van der Waals surface area contributed by atoms with E-state index < -0.39 is 10.0 Å². The van der Waals surface area contributed by atoms with Crippen molar-refractivity contribution in [3.05, 3.63) is 29.8 Å². The lowest BCUT2D eigenvalue weighted by molar-refractivity contribution is 0.586. The maximum atomic E-state index is 12.3. The van der Waals surface area contributed by atoms with Gasteiger partial charge in [-0.15, -0.1) is 0 Å². The Kier molecular flexibility index (Phi) is 6.31. The Balaban J connectivity index is 2.75. The van der Waals surface area contributed by atoms with Crippen LogP contribution in [0.5, 0.6) is 0 Å². The van der Waals surface area contributed by atoms with E-state index in [9.17, 15) is 8.42 Å². The van der Waals surface area contributed by atoms with E-state index in [4.69, 9.17) is 0 Å². The summed E-state index contributed by atoms with van der Waals surface area (Å²) < 4.78 is 26.1. The molecule has 1 aromatic carbocycles.